The molecule has 2 rings (SSSR count). The lowest BCUT2D eigenvalue weighted by atomic mass is 10.1. The van der Waals surface area contributed by atoms with Gasteiger partial charge in [0.2, 0.25) is 0 Å². The van der Waals surface area contributed by atoms with Crippen LogP contribution in [0.4, 0.5) is 0 Å². The van der Waals surface area contributed by atoms with Crippen molar-refractivity contribution >= 4 is 30.7 Å². The first-order chi connectivity index (χ1) is 8.27. The van der Waals surface area contributed by atoms with Gasteiger partial charge in [-0.1, -0.05) is 17.7 Å². The van der Waals surface area contributed by atoms with Gasteiger partial charge in [-0.25, -0.2) is 0 Å². The van der Waals surface area contributed by atoms with Crippen LogP contribution in [0.5, 0.6) is 0 Å². The molecular formula is C13H19Cl2N3O. The highest BCUT2D eigenvalue weighted by molar-refractivity contribution is 5.93. The molecule has 1 aliphatic rings. The summed E-state index contributed by atoms with van der Waals surface area (Å²) in [6.45, 7) is 4.40. The van der Waals surface area contributed by atoms with E-state index >= 15 is 0 Å². The van der Waals surface area contributed by atoms with Gasteiger partial charge in [0, 0.05) is 19.3 Å². The number of amides is 1. The van der Waals surface area contributed by atoms with Crippen molar-refractivity contribution in [2.24, 2.45) is 0 Å². The average Bonchev–Trinajstić information content (AvgIpc) is 2.38. The number of rotatable bonds is 3. The minimum atomic E-state index is -0.0949. The van der Waals surface area contributed by atoms with Gasteiger partial charge in [-0.3, -0.25) is 9.78 Å². The van der Waals surface area contributed by atoms with Gasteiger partial charge in [-0.05, 0) is 31.5 Å². The standard InChI is InChI=1S/C13H17N3O.2ClH/c1-10-3-2-6-15-12(10)13(17)16-9-11-4-7-14-8-5-11;;/h2-4,6,14H,5,7-9H2,1H3,(H,16,17);2*1H. The maximum atomic E-state index is 11.9. The van der Waals surface area contributed by atoms with Gasteiger partial charge >= 0.3 is 0 Å². The first-order valence-corrected chi connectivity index (χ1v) is 5.86. The monoisotopic (exact) mass is 303 g/mol. The van der Waals surface area contributed by atoms with E-state index in [0.29, 0.717) is 12.2 Å². The number of nitrogens with zero attached hydrogens (tertiary/aromatic N) is 1. The van der Waals surface area contributed by atoms with Crippen LogP contribution in [0.1, 0.15) is 22.5 Å². The Morgan fingerprint density at radius 2 is 2.26 bits per heavy atom. The zero-order valence-corrected chi connectivity index (χ0v) is 12.4. The van der Waals surface area contributed by atoms with Gasteiger partial charge in [-0.2, -0.15) is 0 Å². The van der Waals surface area contributed by atoms with Crippen molar-refractivity contribution in [2.75, 3.05) is 19.6 Å². The van der Waals surface area contributed by atoms with Gasteiger partial charge < -0.3 is 10.6 Å². The first-order valence-electron chi connectivity index (χ1n) is 5.86. The number of nitrogens with one attached hydrogen (secondary N) is 2. The third-order valence-electron chi connectivity index (χ3n) is 2.86. The van der Waals surface area contributed by atoms with Crippen LogP contribution < -0.4 is 10.6 Å². The van der Waals surface area contributed by atoms with Crippen molar-refractivity contribution in [3.63, 3.8) is 0 Å². The van der Waals surface area contributed by atoms with Crippen LogP contribution in [-0.4, -0.2) is 30.5 Å². The number of carbonyl (C=O) groups excluding carboxylic acids is 1. The highest BCUT2D eigenvalue weighted by atomic mass is 35.5. The summed E-state index contributed by atoms with van der Waals surface area (Å²) in [5.41, 5.74) is 2.71. The zero-order valence-electron chi connectivity index (χ0n) is 10.8. The molecule has 1 aliphatic heterocycles. The summed E-state index contributed by atoms with van der Waals surface area (Å²) in [5.74, 6) is -0.0949. The van der Waals surface area contributed by atoms with E-state index in [1.165, 1.54) is 5.57 Å². The quantitative estimate of drug-likeness (QED) is 0.839. The molecule has 0 aromatic carbocycles. The lowest BCUT2D eigenvalue weighted by Gasteiger charge is -2.14. The molecule has 0 fully saturated rings. The fraction of sp³-hybridized carbons (Fsp3) is 0.385. The topological polar surface area (TPSA) is 54.0 Å². The lowest BCUT2D eigenvalue weighted by Crippen LogP contribution is -2.30. The molecule has 1 aromatic rings. The molecule has 2 heterocycles. The van der Waals surface area contributed by atoms with Crippen molar-refractivity contribution in [3.8, 4) is 0 Å². The van der Waals surface area contributed by atoms with Crippen molar-refractivity contribution in [1.82, 2.24) is 15.6 Å². The maximum Gasteiger partial charge on any atom is 0.270 e. The molecular weight excluding hydrogens is 285 g/mol. The highest BCUT2D eigenvalue weighted by Crippen LogP contribution is 2.05. The molecule has 1 aromatic heterocycles. The van der Waals surface area contributed by atoms with E-state index < -0.39 is 0 Å². The van der Waals surface area contributed by atoms with E-state index in [0.717, 1.165) is 25.1 Å². The normalized spacial score (nSPS) is 13.6. The van der Waals surface area contributed by atoms with Crippen molar-refractivity contribution in [1.29, 1.82) is 0 Å². The molecule has 0 atom stereocenters. The molecule has 0 unspecified atom stereocenters. The van der Waals surface area contributed by atoms with Crippen LogP contribution in [0.3, 0.4) is 0 Å². The van der Waals surface area contributed by atoms with Gasteiger partial charge in [0.15, 0.2) is 0 Å². The van der Waals surface area contributed by atoms with E-state index in [2.05, 4.69) is 21.7 Å². The van der Waals surface area contributed by atoms with Gasteiger partial charge in [0.25, 0.3) is 5.91 Å². The molecule has 0 spiro atoms. The Kier molecular flexibility index (Phi) is 8.39. The Hall–Kier alpha value is -1.10. The summed E-state index contributed by atoms with van der Waals surface area (Å²) in [6, 6.07) is 3.73. The molecule has 0 bridgehead atoms. The average molecular weight is 304 g/mol. The predicted molar refractivity (Wildman–Crippen MR) is 81.4 cm³/mol. The smallest absolute Gasteiger partial charge is 0.270 e. The molecule has 6 heteroatoms. The molecule has 0 saturated heterocycles. The van der Waals surface area contributed by atoms with Crippen LogP contribution >= 0.6 is 24.8 Å². The predicted octanol–water partition coefficient (Wildman–Crippen LogP) is 1.88. The summed E-state index contributed by atoms with van der Waals surface area (Å²) >= 11 is 0. The van der Waals surface area contributed by atoms with Crippen LogP contribution in [0.25, 0.3) is 0 Å². The summed E-state index contributed by atoms with van der Waals surface area (Å²) in [4.78, 5) is 16.0. The second-order valence-electron chi connectivity index (χ2n) is 4.17. The third kappa shape index (κ3) is 5.19. The molecule has 4 nitrogen and oxygen atoms in total. The molecule has 0 saturated carbocycles. The van der Waals surface area contributed by atoms with Gasteiger partial charge in [-0.15, -0.1) is 24.8 Å². The van der Waals surface area contributed by atoms with Crippen molar-refractivity contribution < 1.29 is 4.79 Å². The Morgan fingerprint density at radius 3 is 2.89 bits per heavy atom. The van der Waals surface area contributed by atoms with E-state index in [1.807, 2.05) is 19.1 Å². The van der Waals surface area contributed by atoms with Crippen LogP contribution in [0, 0.1) is 6.92 Å². The van der Waals surface area contributed by atoms with Crippen molar-refractivity contribution in [3.05, 3.63) is 41.2 Å². The largest absolute Gasteiger partial charge is 0.347 e. The Balaban J connectivity index is 0.00000162. The molecule has 106 valence electrons. The fourth-order valence-electron chi connectivity index (χ4n) is 1.83. The van der Waals surface area contributed by atoms with E-state index in [1.54, 1.807) is 6.20 Å². The number of hydrogen-bond acceptors (Lipinski definition) is 3. The number of carbonyl (C=O) groups is 1. The summed E-state index contributed by atoms with van der Waals surface area (Å²) in [5, 5.41) is 6.15. The van der Waals surface area contributed by atoms with E-state index in [9.17, 15) is 4.79 Å². The minimum Gasteiger partial charge on any atom is -0.347 e. The highest BCUT2D eigenvalue weighted by Gasteiger charge is 2.10. The molecule has 1 amide bonds. The van der Waals surface area contributed by atoms with Crippen LogP contribution in [0.2, 0.25) is 0 Å². The maximum absolute atomic E-state index is 11.9. The number of aromatic nitrogens is 1. The van der Waals surface area contributed by atoms with E-state index in [4.69, 9.17) is 0 Å². The molecule has 0 radical (unpaired) electrons. The Morgan fingerprint density at radius 1 is 1.47 bits per heavy atom. The number of hydrogen-bond donors (Lipinski definition) is 2. The summed E-state index contributed by atoms with van der Waals surface area (Å²) < 4.78 is 0. The second kappa shape index (κ2) is 8.91. The number of halogens is 2. The van der Waals surface area contributed by atoms with Gasteiger partial charge in [0.05, 0.1) is 0 Å². The lowest BCUT2D eigenvalue weighted by molar-refractivity contribution is 0.0951. The fourth-order valence-corrected chi connectivity index (χ4v) is 1.83. The van der Waals surface area contributed by atoms with Crippen LogP contribution in [0.15, 0.2) is 30.0 Å². The third-order valence-corrected chi connectivity index (χ3v) is 2.86. The summed E-state index contributed by atoms with van der Waals surface area (Å²) in [7, 11) is 0. The zero-order chi connectivity index (χ0) is 12.1. The first kappa shape index (κ1) is 17.9. The molecule has 0 aliphatic carbocycles. The Bertz CT molecular complexity index is 449. The molecule has 2 N–H and O–H groups in total. The Labute approximate surface area is 125 Å². The van der Waals surface area contributed by atoms with Crippen LogP contribution in [-0.2, 0) is 0 Å². The molecule has 19 heavy (non-hydrogen) atoms. The van der Waals surface area contributed by atoms with E-state index in [-0.39, 0.29) is 30.7 Å². The number of aryl methyl sites for hydroxylation is 1. The second-order valence-corrected chi connectivity index (χ2v) is 4.17. The minimum absolute atomic E-state index is 0. The summed E-state index contributed by atoms with van der Waals surface area (Å²) in [6.07, 6.45) is 4.78. The SMILES string of the molecule is Cc1cccnc1C(=O)NCC1=CCNCC1.Cl.Cl. The van der Waals surface area contributed by atoms with Crippen molar-refractivity contribution in [2.45, 2.75) is 13.3 Å². The number of pyridine rings is 1. The van der Waals surface area contributed by atoms with Gasteiger partial charge in [0.1, 0.15) is 5.69 Å².